The Labute approximate surface area is 158 Å². The SMILES string of the molecule is Cc1oc(-c2ccc(C(F)(F)F)cc2)nc1CN1CCCC1c1nccs1. The van der Waals surface area contributed by atoms with Gasteiger partial charge in [-0.05, 0) is 50.6 Å². The Morgan fingerprint density at radius 2 is 2.04 bits per heavy atom. The highest BCUT2D eigenvalue weighted by Crippen LogP contribution is 2.35. The molecule has 8 heteroatoms. The van der Waals surface area contributed by atoms with Crippen molar-refractivity contribution < 1.29 is 17.6 Å². The molecule has 142 valence electrons. The average Bonchev–Trinajstić information content (AvgIpc) is 3.36. The molecule has 1 fully saturated rings. The maximum absolute atomic E-state index is 12.7. The third kappa shape index (κ3) is 3.77. The Morgan fingerprint density at radius 3 is 2.70 bits per heavy atom. The van der Waals surface area contributed by atoms with Crippen LogP contribution in [0.1, 0.15) is 40.9 Å². The number of hydrogen-bond acceptors (Lipinski definition) is 5. The van der Waals surface area contributed by atoms with E-state index in [0.29, 0.717) is 23.8 Å². The Hall–Kier alpha value is -2.19. The molecule has 0 aliphatic carbocycles. The van der Waals surface area contributed by atoms with Crippen molar-refractivity contribution >= 4 is 11.3 Å². The van der Waals surface area contributed by atoms with E-state index in [9.17, 15) is 13.2 Å². The number of thiazole rings is 1. The summed E-state index contributed by atoms with van der Waals surface area (Å²) in [5.74, 6) is 1.04. The highest BCUT2D eigenvalue weighted by molar-refractivity contribution is 7.09. The lowest BCUT2D eigenvalue weighted by Crippen LogP contribution is -2.23. The first-order valence-electron chi connectivity index (χ1n) is 8.69. The van der Waals surface area contributed by atoms with Crippen LogP contribution in [0, 0.1) is 6.92 Å². The number of alkyl halides is 3. The molecule has 3 heterocycles. The number of aromatic nitrogens is 2. The van der Waals surface area contributed by atoms with Crippen LogP contribution in [0.15, 0.2) is 40.3 Å². The standard InChI is InChI=1S/C19H18F3N3OS/c1-12-15(11-25-9-2-3-16(25)18-23-8-10-27-18)24-17(26-12)13-4-6-14(7-5-13)19(20,21)22/h4-8,10,16H,2-3,9,11H2,1H3. The van der Waals surface area contributed by atoms with Gasteiger partial charge in [-0.25, -0.2) is 9.97 Å². The van der Waals surface area contributed by atoms with E-state index in [1.54, 1.807) is 11.3 Å². The van der Waals surface area contributed by atoms with Gasteiger partial charge in [0.25, 0.3) is 0 Å². The molecule has 2 aromatic heterocycles. The van der Waals surface area contributed by atoms with E-state index in [1.165, 1.54) is 12.1 Å². The summed E-state index contributed by atoms with van der Waals surface area (Å²) in [5, 5.41) is 3.09. The highest BCUT2D eigenvalue weighted by atomic mass is 32.1. The van der Waals surface area contributed by atoms with Crippen LogP contribution >= 0.6 is 11.3 Å². The molecule has 0 N–H and O–H groups in total. The molecule has 4 nitrogen and oxygen atoms in total. The third-order valence-electron chi connectivity index (χ3n) is 4.80. The number of likely N-dealkylation sites (tertiary alicyclic amines) is 1. The van der Waals surface area contributed by atoms with Gasteiger partial charge in [-0.15, -0.1) is 11.3 Å². The van der Waals surface area contributed by atoms with Crippen molar-refractivity contribution in [3.8, 4) is 11.5 Å². The highest BCUT2D eigenvalue weighted by Gasteiger charge is 2.31. The molecule has 0 amide bonds. The zero-order valence-corrected chi connectivity index (χ0v) is 15.5. The maximum Gasteiger partial charge on any atom is 0.416 e. The Morgan fingerprint density at radius 1 is 1.26 bits per heavy atom. The van der Waals surface area contributed by atoms with E-state index in [0.717, 1.165) is 42.2 Å². The first-order valence-corrected chi connectivity index (χ1v) is 9.57. The van der Waals surface area contributed by atoms with Gasteiger partial charge in [0.1, 0.15) is 10.8 Å². The molecule has 1 aliphatic rings. The van der Waals surface area contributed by atoms with Gasteiger partial charge in [0.2, 0.25) is 5.89 Å². The summed E-state index contributed by atoms with van der Waals surface area (Å²) in [6, 6.07) is 5.18. The minimum Gasteiger partial charge on any atom is -0.441 e. The van der Waals surface area contributed by atoms with Gasteiger partial charge >= 0.3 is 6.18 Å². The van der Waals surface area contributed by atoms with Crippen LogP contribution in [0.5, 0.6) is 0 Å². The van der Waals surface area contributed by atoms with E-state index < -0.39 is 11.7 Å². The molecular weight excluding hydrogens is 375 g/mol. The minimum atomic E-state index is -4.35. The molecule has 1 atom stereocenters. The first kappa shape index (κ1) is 18.2. The molecule has 0 saturated carbocycles. The number of oxazole rings is 1. The average molecular weight is 393 g/mol. The van der Waals surface area contributed by atoms with Crippen molar-refractivity contribution in [1.82, 2.24) is 14.9 Å². The number of rotatable bonds is 4. The van der Waals surface area contributed by atoms with E-state index in [-0.39, 0.29) is 6.04 Å². The van der Waals surface area contributed by atoms with Crippen LogP contribution in [0.25, 0.3) is 11.5 Å². The lowest BCUT2D eigenvalue weighted by molar-refractivity contribution is -0.137. The lowest BCUT2D eigenvalue weighted by Gasteiger charge is -2.21. The monoisotopic (exact) mass is 393 g/mol. The van der Waals surface area contributed by atoms with Crippen LogP contribution in [0.4, 0.5) is 13.2 Å². The summed E-state index contributed by atoms with van der Waals surface area (Å²) in [4.78, 5) is 11.3. The molecule has 1 aromatic carbocycles. The van der Waals surface area contributed by atoms with Crippen LogP contribution in [-0.2, 0) is 12.7 Å². The van der Waals surface area contributed by atoms with Gasteiger partial charge < -0.3 is 4.42 Å². The second-order valence-electron chi connectivity index (χ2n) is 6.60. The van der Waals surface area contributed by atoms with Crippen molar-refractivity contribution in [2.24, 2.45) is 0 Å². The van der Waals surface area contributed by atoms with Gasteiger partial charge in [0.15, 0.2) is 0 Å². The molecule has 4 rings (SSSR count). The van der Waals surface area contributed by atoms with Crippen molar-refractivity contribution in [3.05, 3.63) is 57.9 Å². The Kier molecular flexibility index (Phi) is 4.77. The number of benzene rings is 1. The van der Waals surface area contributed by atoms with Crippen molar-refractivity contribution in [2.45, 2.75) is 38.5 Å². The first-order chi connectivity index (χ1) is 12.9. The fourth-order valence-electron chi connectivity index (χ4n) is 3.39. The van der Waals surface area contributed by atoms with E-state index in [4.69, 9.17) is 4.42 Å². The molecule has 0 bridgehead atoms. The van der Waals surface area contributed by atoms with Gasteiger partial charge in [-0.3, -0.25) is 4.90 Å². The van der Waals surface area contributed by atoms with Gasteiger partial charge in [-0.1, -0.05) is 0 Å². The fourth-order valence-corrected chi connectivity index (χ4v) is 4.19. The maximum atomic E-state index is 12.7. The Balaban J connectivity index is 1.53. The number of hydrogen-bond donors (Lipinski definition) is 0. The second-order valence-corrected chi connectivity index (χ2v) is 7.52. The van der Waals surface area contributed by atoms with Crippen LogP contribution in [0.3, 0.4) is 0 Å². The molecule has 1 unspecified atom stereocenters. The molecule has 0 spiro atoms. The number of halogens is 3. The molecule has 27 heavy (non-hydrogen) atoms. The third-order valence-corrected chi connectivity index (χ3v) is 5.68. The molecular formula is C19H18F3N3OS. The van der Waals surface area contributed by atoms with Crippen LogP contribution in [-0.4, -0.2) is 21.4 Å². The Bertz CT molecular complexity index is 903. The molecule has 0 radical (unpaired) electrons. The number of nitrogens with zero attached hydrogens (tertiary/aromatic N) is 3. The van der Waals surface area contributed by atoms with Gasteiger partial charge in [0.05, 0.1) is 17.3 Å². The molecule has 3 aromatic rings. The predicted octanol–water partition coefficient (Wildman–Crippen LogP) is 5.46. The van der Waals surface area contributed by atoms with Gasteiger partial charge in [-0.2, -0.15) is 13.2 Å². The summed E-state index contributed by atoms with van der Waals surface area (Å²) < 4.78 is 43.9. The zero-order chi connectivity index (χ0) is 19.0. The van der Waals surface area contributed by atoms with E-state index in [2.05, 4.69) is 14.9 Å². The molecule has 1 saturated heterocycles. The molecule has 1 aliphatic heterocycles. The van der Waals surface area contributed by atoms with Gasteiger partial charge in [0, 0.05) is 23.7 Å². The van der Waals surface area contributed by atoms with E-state index >= 15 is 0 Å². The summed E-state index contributed by atoms with van der Waals surface area (Å²) >= 11 is 1.66. The van der Waals surface area contributed by atoms with Crippen molar-refractivity contribution in [1.29, 1.82) is 0 Å². The fraction of sp³-hybridized carbons (Fsp3) is 0.368. The normalized spacial score (nSPS) is 18.3. The van der Waals surface area contributed by atoms with Crippen LogP contribution in [0.2, 0.25) is 0 Å². The lowest BCUT2D eigenvalue weighted by atomic mass is 10.1. The van der Waals surface area contributed by atoms with Crippen LogP contribution < -0.4 is 0 Å². The largest absolute Gasteiger partial charge is 0.441 e. The second kappa shape index (κ2) is 7.09. The summed E-state index contributed by atoms with van der Waals surface area (Å²) in [6.07, 6.45) is -0.361. The quantitative estimate of drug-likeness (QED) is 0.590. The topological polar surface area (TPSA) is 42.2 Å². The summed E-state index contributed by atoms with van der Waals surface area (Å²) in [7, 11) is 0. The smallest absolute Gasteiger partial charge is 0.416 e. The number of aryl methyl sites for hydroxylation is 1. The van der Waals surface area contributed by atoms with Crippen molar-refractivity contribution in [3.63, 3.8) is 0 Å². The zero-order valence-electron chi connectivity index (χ0n) is 14.7. The predicted molar refractivity (Wildman–Crippen MR) is 96.2 cm³/mol. The minimum absolute atomic E-state index is 0.288. The summed E-state index contributed by atoms with van der Waals surface area (Å²) in [5.41, 5.74) is 0.668. The van der Waals surface area contributed by atoms with E-state index in [1.807, 2.05) is 18.5 Å². The summed E-state index contributed by atoms with van der Waals surface area (Å²) in [6.45, 7) is 3.44. The van der Waals surface area contributed by atoms with Crippen molar-refractivity contribution in [2.75, 3.05) is 6.54 Å².